The Morgan fingerprint density at radius 1 is 1.25 bits per heavy atom. The third-order valence-corrected chi connectivity index (χ3v) is 2.65. The van der Waals surface area contributed by atoms with Crippen LogP contribution in [-0.2, 0) is 19.0 Å². The topological polar surface area (TPSA) is 73.9 Å². The van der Waals surface area contributed by atoms with Gasteiger partial charge in [0.25, 0.3) is 0 Å². The zero-order valence-electron chi connectivity index (χ0n) is 11.3. The molecule has 1 rings (SSSR count). The van der Waals surface area contributed by atoms with Crippen LogP contribution in [0.2, 0.25) is 5.02 Å². The minimum absolute atomic E-state index is 0.0977. The Morgan fingerprint density at radius 3 is 2.65 bits per heavy atom. The van der Waals surface area contributed by atoms with Crippen LogP contribution in [0.25, 0.3) is 0 Å². The number of hydrogen-bond donors (Lipinski definition) is 1. The van der Waals surface area contributed by atoms with Gasteiger partial charge in [-0.1, -0.05) is 11.6 Å². The maximum Gasteiger partial charge on any atom is 0.339 e. The lowest BCUT2D eigenvalue weighted by atomic mass is 10.2. The maximum absolute atomic E-state index is 11.6. The lowest BCUT2D eigenvalue weighted by Gasteiger charge is -2.08. The van der Waals surface area contributed by atoms with Crippen molar-refractivity contribution in [2.75, 3.05) is 39.4 Å². The summed E-state index contributed by atoms with van der Waals surface area (Å²) in [5.74, 6) is -0.901. The van der Waals surface area contributed by atoms with Crippen molar-refractivity contribution in [2.24, 2.45) is 0 Å². The van der Waals surface area contributed by atoms with Crippen LogP contribution in [0.5, 0.6) is 0 Å². The predicted octanol–water partition coefficient (Wildman–Crippen LogP) is 1.73. The minimum Gasteiger partial charge on any atom is -0.465 e. The van der Waals surface area contributed by atoms with Crippen molar-refractivity contribution >= 4 is 29.2 Å². The third-order valence-electron chi connectivity index (χ3n) is 2.32. The van der Waals surface area contributed by atoms with E-state index in [9.17, 15) is 9.59 Å². The van der Waals surface area contributed by atoms with Crippen LogP contribution in [-0.4, -0.2) is 45.9 Å². The third kappa shape index (κ3) is 5.16. The molecule has 0 aliphatic carbocycles. The van der Waals surface area contributed by atoms with Gasteiger partial charge in [0.05, 0.1) is 30.9 Å². The average molecular weight is 302 g/mol. The molecule has 0 bridgehead atoms. The van der Waals surface area contributed by atoms with Gasteiger partial charge in [-0.15, -0.1) is 0 Å². The van der Waals surface area contributed by atoms with E-state index in [4.69, 9.17) is 21.1 Å². The molecule has 6 nitrogen and oxygen atoms in total. The van der Waals surface area contributed by atoms with Crippen molar-refractivity contribution in [3.05, 3.63) is 28.8 Å². The Bertz CT molecular complexity index is 478. The van der Waals surface area contributed by atoms with Gasteiger partial charge in [-0.05, 0) is 18.2 Å². The number of esters is 1. The molecule has 1 amide bonds. The van der Waals surface area contributed by atoms with E-state index < -0.39 is 5.97 Å². The largest absolute Gasteiger partial charge is 0.465 e. The summed E-state index contributed by atoms with van der Waals surface area (Å²) in [6, 6.07) is 4.54. The van der Waals surface area contributed by atoms with Crippen molar-refractivity contribution in [3.63, 3.8) is 0 Å². The fraction of sp³-hybridized carbons (Fsp3) is 0.385. The quantitative estimate of drug-likeness (QED) is 0.613. The second-order valence-electron chi connectivity index (χ2n) is 3.78. The summed E-state index contributed by atoms with van der Waals surface area (Å²) < 4.78 is 14.5. The molecule has 0 unspecified atom stereocenters. The van der Waals surface area contributed by atoms with Crippen molar-refractivity contribution in [3.8, 4) is 0 Å². The molecule has 1 aromatic rings. The van der Waals surface area contributed by atoms with Crippen LogP contribution in [0, 0.1) is 0 Å². The number of anilines is 1. The molecular weight excluding hydrogens is 286 g/mol. The van der Waals surface area contributed by atoms with Crippen LogP contribution >= 0.6 is 11.6 Å². The number of carbonyl (C=O) groups excluding carboxylic acids is 2. The first-order valence-electron chi connectivity index (χ1n) is 5.83. The lowest BCUT2D eigenvalue weighted by Crippen LogP contribution is -2.19. The van der Waals surface area contributed by atoms with Crippen molar-refractivity contribution in [1.29, 1.82) is 0 Å². The molecule has 0 fully saturated rings. The summed E-state index contributed by atoms with van der Waals surface area (Å²) in [5, 5.41) is 2.85. The van der Waals surface area contributed by atoms with E-state index in [1.165, 1.54) is 19.2 Å². The lowest BCUT2D eigenvalue weighted by molar-refractivity contribution is -0.121. The first-order chi connectivity index (χ1) is 9.58. The van der Waals surface area contributed by atoms with Crippen LogP contribution in [0.4, 0.5) is 5.69 Å². The number of carbonyl (C=O) groups is 2. The highest BCUT2D eigenvalue weighted by atomic mass is 35.5. The summed E-state index contributed by atoms with van der Waals surface area (Å²) in [6.07, 6.45) is 0. The molecule has 1 aromatic carbocycles. The highest BCUT2D eigenvalue weighted by Gasteiger charge is 2.12. The molecule has 0 saturated carbocycles. The number of nitrogens with one attached hydrogen (secondary N) is 1. The molecule has 0 aromatic heterocycles. The fourth-order valence-corrected chi connectivity index (χ4v) is 1.57. The molecule has 0 aliphatic heterocycles. The number of benzene rings is 1. The minimum atomic E-state index is -0.567. The van der Waals surface area contributed by atoms with E-state index in [0.717, 1.165) is 0 Å². The molecule has 110 valence electrons. The molecular formula is C13H16ClNO5. The highest BCUT2D eigenvalue weighted by Crippen LogP contribution is 2.21. The van der Waals surface area contributed by atoms with Gasteiger partial charge in [0.1, 0.15) is 6.61 Å². The number of halogens is 1. The summed E-state index contributed by atoms with van der Waals surface area (Å²) in [5.41, 5.74) is 0.627. The fourth-order valence-electron chi connectivity index (χ4n) is 1.37. The van der Waals surface area contributed by atoms with Gasteiger partial charge >= 0.3 is 5.97 Å². The monoisotopic (exact) mass is 301 g/mol. The number of rotatable bonds is 7. The van der Waals surface area contributed by atoms with E-state index >= 15 is 0 Å². The van der Waals surface area contributed by atoms with E-state index in [1.54, 1.807) is 13.2 Å². The van der Waals surface area contributed by atoms with Crippen LogP contribution in [0.3, 0.4) is 0 Å². The standard InChI is InChI=1S/C13H16ClNO5/c1-18-5-6-20-8-12(16)15-9-3-4-11(14)10(7-9)13(17)19-2/h3-4,7H,5-6,8H2,1-2H3,(H,15,16). The zero-order chi connectivity index (χ0) is 15.0. The second-order valence-corrected chi connectivity index (χ2v) is 4.19. The van der Waals surface area contributed by atoms with Gasteiger partial charge in [0.15, 0.2) is 0 Å². The van der Waals surface area contributed by atoms with Crippen LogP contribution in [0.1, 0.15) is 10.4 Å². The molecule has 1 N–H and O–H groups in total. The van der Waals surface area contributed by atoms with Gasteiger partial charge in [-0.2, -0.15) is 0 Å². The highest BCUT2D eigenvalue weighted by molar-refractivity contribution is 6.33. The Balaban J connectivity index is 2.59. The Kier molecular flexibility index (Phi) is 7.00. The van der Waals surface area contributed by atoms with Gasteiger partial charge in [-0.3, -0.25) is 4.79 Å². The summed E-state index contributed by atoms with van der Waals surface area (Å²) in [6.45, 7) is 0.651. The smallest absolute Gasteiger partial charge is 0.339 e. The number of hydrogen-bond acceptors (Lipinski definition) is 5. The van der Waals surface area contributed by atoms with Gasteiger partial charge in [-0.25, -0.2) is 4.79 Å². The first kappa shape index (κ1) is 16.4. The summed E-state index contributed by atoms with van der Waals surface area (Å²) >= 11 is 5.87. The molecule has 0 radical (unpaired) electrons. The molecule has 0 saturated heterocycles. The number of amides is 1. The first-order valence-corrected chi connectivity index (χ1v) is 6.20. The maximum atomic E-state index is 11.6. The van der Waals surface area contributed by atoms with Gasteiger partial charge in [0.2, 0.25) is 5.91 Å². The zero-order valence-corrected chi connectivity index (χ0v) is 12.0. The Morgan fingerprint density at radius 2 is 2.00 bits per heavy atom. The molecule has 0 heterocycles. The van der Waals surface area contributed by atoms with Crippen molar-refractivity contribution in [2.45, 2.75) is 0 Å². The molecule has 0 atom stereocenters. The molecule has 0 aliphatic rings. The average Bonchev–Trinajstić information content (AvgIpc) is 2.45. The van der Waals surface area contributed by atoms with Gasteiger partial charge in [0, 0.05) is 12.8 Å². The number of methoxy groups -OCH3 is 2. The molecule has 20 heavy (non-hydrogen) atoms. The van der Waals surface area contributed by atoms with Crippen LogP contribution < -0.4 is 5.32 Å². The van der Waals surface area contributed by atoms with Crippen LogP contribution in [0.15, 0.2) is 18.2 Å². The van der Waals surface area contributed by atoms with E-state index in [0.29, 0.717) is 18.9 Å². The van der Waals surface area contributed by atoms with E-state index in [2.05, 4.69) is 10.1 Å². The van der Waals surface area contributed by atoms with Gasteiger partial charge < -0.3 is 19.5 Å². The Labute approximate surface area is 122 Å². The second kappa shape index (κ2) is 8.52. The Hall–Kier alpha value is -1.63. The molecule has 0 spiro atoms. The van der Waals surface area contributed by atoms with Crippen molar-refractivity contribution in [1.82, 2.24) is 0 Å². The SMILES string of the molecule is COCCOCC(=O)Nc1ccc(Cl)c(C(=O)OC)c1. The van der Waals surface area contributed by atoms with E-state index in [-0.39, 0.29) is 23.1 Å². The summed E-state index contributed by atoms with van der Waals surface area (Å²) in [7, 11) is 2.80. The predicted molar refractivity (Wildman–Crippen MR) is 74.1 cm³/mol. The number of ether oxygens (including phenoxy) is 3. The van der Waals surface area contributed by atoms with E-state index in [1.807, 2.05) is 0 Å². The van der Waals surface area contributed by atoms with Crippen molar-refractivity contribution < 1.29 is 23.8 Å². The molecule has 7 heteroatoms. The summed E-state index contributed by atoms with van der Waals surface area (Å²) in [4.78, 5) is 23.0. The normalized spacial score (nSPS) is 10.2.